The van der Waals surface area contributed by atoms with Crippen LogP contribution in [0, 0.1) is 11.7 Å². The summed E-state index contributed by atoms with van der Waals surface area (Å²) in [7, 11) is 0. The lowest BCUT2D eigenvalue weighted by Gasteiger charge is -2.38. The van der Waals surface area contributed by atoms with Crippen molar-refractivity contribution < 1.29 is 31.9 Å². The number of fused-ring (bicyclic) bond motifs is 1. The molecule has 3 aliphatic heterocycles. The predicted octanol–water partition coefficient (Wildman–Crippen LogP) is 4.37. The SMILES string of the molecule is C=C1CCC(N2Cc3c(ccc(C[C@H]4OCCC[C@@H]4NC4CCC(C(F)(F)F)CC4)c3F)C2=O)C(=O)N1. The average Bonchev–Trinajstić information content (AvgIpc) is 3.18. The Kier molecular flexibility index (Phi) is 7.33. The second kappa shape index (κ2) is 10.4. The molecule has 0 bridgehead atoms. The molecule has 1 aliphatic carbocycles. The van der Waals surface area contributed by atoms with Crippen LogP contribution in [0.25, 0.3) is 0 Å². The summed E-state index contributed by atoms with van der Waals surface area (Å²) in [5.41, 5.74) is 1.63. The Morgan fingerprint density at radius 1 is 1.11 bits per heavy atom. The summed E-state index contributed by atoms with van der Waals surface area (Å²) in [6.45, 7) is 4.35. The lowest BCUT2D eigenvalue weighted by atomic mass is 9.84. The fourth-order valence-electron chi connectivity index (χ4n) is 6.23. The highest BCUT2D eigenvalue weighted by Crippen LogP contribution is 2.38. The number of rotatable bonds is 5. The van der Waals surface area contributed by atoms with Gasteiger partial charge in [-0.3, -0.25) is 9.59 Å². The summed E-state index contributed by atoms with van der Waals surface area (Å²) in [5.74, 6) is -2.33. The standard InChI is InChI=1S/C27H33F4N3O3/c1-15-4-11-22(25(35)32-15)34-14-20-19(26(34)36)10-5-16(24(20)28)13-23-21(3-2-12-37-23)33-18-8-6-17(7-9-18)27(29,30)31/h5,10,17-18,21-23,33H,1-4,6-9,11-14H2,(H,32,35)/t17?,18?,21-,22?,23+/m0/s1. The van der Waals surface area contributed by atoms with Crippen molar-refractivity contribution >= 4 is 11.8 Å². The van der Waals surface area contributed by atoms with Gasteiger partial charge in [0.15, 0.2) is 0 Å². The first-order valence-electron chi connectivity index (χ1n) is 13.2. The smallest absolute Gasteiger partial charge is 0.376 e. The van der Waals surface area contributed by atoms with Crippen LogP contribution in [-0.4, -0.2) is 53.7 Å². The largest absolute Gasteiger partial charge is 0.391 e. The maximum absolute atomic E-state index is 15.7. The van der Waals surface area contributed by atoms with Crippen molar-refractivity contribution in [3.05, 3.63) is 46.9 Å². The molecule has 2 saturated heterocycles. The number of benzene rings is 1. The lowest BCUT2D eigenvalue weighted by molar-refractivity contribution is -0.183. The Bertz CT molecular complexity index is 1070. The van der Waals surface area contributed by atoms with E-state index in [1.807, 2.05) is 0 Å². The van der Waals surface area contributed by atoms with E-state index in [1.165, 1.54) is 4.90 Å². The predicted molar refractivity (Wildman–Crippen MR) is 128 cm³/mol. The highest BCUT2D eigenvalue weighted by atomic mass is 19.4. The second-order valence-electron chi connectivity index (χ2n) is 10.8. The summed E-state index contributed by atoms with van der Waals surface area (Å²) in [6.07, 6.45) is -0.337. The number of alkyl halides is 3. The van der Waals surface area contributed by atoms with E-state index < -0.39 is 24.0 Å². The third-order valence-corrected chi connectivity index (χ3v) is 8.34. The van der Waals surface area contributed by atoms with Crippen molar-refractivity contribution in [1.82, 2.24) is 15.5 Å². The molecule has 3 heterocycles. The van der Waals surface area contributed by atoms with Crippen LogP contribution in [0.3, 0.4) is 0 Å². The molecule has 1 aromatic rings. The quantitative estimate of drug-likeness (QED) is 0.563. The van der Waals surface area contributed by atoms with Crippen molar-refractivity contribution in [2.45, 2.75) is 94.7 Å². The zero-order valence-electron chi connectivity index (χ0n) is 20.7. The van der Waals surface area contributed by atoms with Crippen LogP contribution in [0.5, 0.6) is 0 Å². The Hall–Kier alpha value is -2.46. The van der Waals surface area contributed by atoms with Gasteiger partial charge in [0.1, 0.15) is 11.9 Å². The summed E-state index contributed by atoms with van der Waals surface area (Å²) < 4.78 is 60.8. The molecule has 3 atom stereocenters. The third kappa shape index (κ3) is 5.41. The fourth-order valence-corrected chi connectivity index (χ4v) is 6.23. The normalized spacial score (nSPS) is 30.9. The number of allylic oxidation sites excluding steroid dienone is 1. The molecule has 1 saturated carbocycles. The topological polar surface area (TPSA) is 70.7 Å². The Labute approximate surface area is 213 Å². The van der Waals surface area contributed by atoms with Gasteiger partial charge in [0.2, 0.25) is 5.91 Å². The Balaban J connectivity index is 1.25. The number of halogens is 4. The van der Waals surface area contributed by atoms with E-state index in [-0.39, 0.29) is 55.0 Å². The highest BCUT2D eigenvalue weighted by molar-refractivity contribution is 6.01. The first kappa shape index (κ1) is 26.2. The van der Waals surface area contributed by atoms with Crippen LogP contribution < -0.4 is 10.6 Å². The van der Waals surface area contributed by atoms with E-state index >= 15 is 4.39 Å². The number of nitrogens with zero attached hydrogens (tertiary/aromatic N) is 1. The molecule has 202 valence electrons. The molecule has 6 nitrogen and oxygen atoms in total. The number of ether oxygens (including phenoxy) is 1. The molecule has 1 unspecified atom stereocenters. The van der Waals surface area contributed by atoms with Crippen LogP contribution in [0.1, 0.15) is 72.9 Å². The van der Waals surface area contributed by atoms with E-state index in [9.17, 15) is 22.8 Å². The molecule has 5 rings (SSSR count). The minimum atomic E-state index is -4.14. The van der Waals surface area contributed by atoms with Crippen molar-refractivity contribution in [2.24, 2.45) is 5.92 Å². The van der Waals surface area contributed by atoms with Gasteiger partial charge in [-0.25, -0.2) is 4.39 Å². The van der Waals surface area contributed by atoms with Gasteiger partial charge in [0.05, 0.1) is 18.6 Å². The van der Waals surface area contributed by atoms with Crippen LogP contribution in [0.4, 0.5) is 17.6 Å². The molecule has 4 aliphatic rings. The molecule has 1 aromatic carbocycles. The van der Waals surface area contributed by atoms with Gasteiger partial charge in [0, 0.05) is 41.9 Å². The molecule has 2 amide bonds. The molecule has 2 N–H and O–H groups in total. The van der Waals surface area contributed by atoms with Gasteiger partial charge in [-0.05, 0) is 63.0 Å². The second-order valence-corrected chi connectivity index (χ2v) is 10.8. The van der Waals surface area contributed by atoms with Gasteiger partial charge in [-0.15, -0.1) is 0 Å². The molecular weight excluding hydrogens is 490 g/mol. The molecular formula is C27H33F4N3O3. The number of piperidine rings is 1. The van der Waals surface area contributed by atoms with Gasteiger partial charge in [-0.2, -0.15) is 13.2 Å². The molecule has 0 aromatic heterocycles. The zero-order chi connectivity index (χ0) is 26.3. The van der Waals surface area contributed by atoms with Crippen molar-refractivity contribution in [3.63, 3.8) is 0 Å². The minimum Gasteiger partial charge on any atom is -0.376 e. The maximum atomic E-state index is 15.7. The van der Waals surface area contributed by atoms with Crippen molar-refractivity contribution in [2.75, 3.05) is 6.61 Å². The highest BCUT2D eigenvalue weighted by Gasteiger charge is 2.43. The molecule has 0 spiro atoms. The lowest BCUT2D eigenvalue weighted by Crippen LogP contribution is -2.51. The van der Waals surface area contributed by atoms with Gasteiger partial charge < -0.3 is 20.3 Å². The van der Waals surface area contributed by atoms with Crippen molar-refractivity contribution in [1.29, 1.82) is 0 Å². The van der Waals surface area contributed by atoms with Gasteiger partial charge in [0.25, 0.3) is 5.91 Å². The van der Waals surface area contributed by atoms with Crippen LogP contribution in [0.15, 0.2) is 24.4 Å². The Morgan fingerprint density at radius 3 is 2.57 bits per heavy atom. The number of nitrogens with one attached hydrogen (secondary N) is 2. The Morgan fingerprint density at radius 2 is 1.86 bits per heavy atom. The summed E-state index contributed by atoms with van der Waals surface area (Å²) in [4.78, 5) is 26.8. The van der Waals surface area contributed by atoms with E-state index in [4.69, 9.17) is 4.74 Å². The van der Waals surface area contributed by atoms with E-state index in [1.54, 1.807) is 12.1 Å². The molecule has 0 radical (unpaired) electrons. The number of carbonyl (C=O) groups excluding carboxylic acids is 2. The molecule has 10 heteroatoms. The molecule has 37 heavy (non-hydrogen) atoms. The van der Waals surface area contributed by atoms with Gasteiger partial charge in [-0.1, -0.05) is 12.6 Å². The van der Waals surface area contributed by atoms with Crippen LogP contribution in [-0.2, 0) is 22.5 Å². The van der Waals surface area contributed by atoms with E-state index in [2.05, 4.69) is 17.2 Å². The number of amides is 2. The summed E-state index contributed by atoms with van der Waals surface area (Å²) in [6, 6.07) is 2.49. The fraction of sp³-hybridized carbons (Fsp3) is 0.630. The van der Waals surface area contributed by atoms with Crippen LogP contribution >= 0.6 is 0 Å². The van der Waals surface area contributed by atoms with Gasteiger partial charge >= 0.3 is 6.18 Å². The minimum absolute atomic E-state index is 0.0124. The van der Waals surface area contributed by atoms with E-state index in [0.29, 0.717) is 55.5 Å². The summed E-state index contributed by atoms with van der Waals surface area (Å²) >= 11 is 0. The number of carbonyl (C=O) groups is 2. The van der Waals surface area contributed by atoms with Crippen molar-refractivity contribution in [3.8, 4) is 0 Å². The number of hydrogen-bond acceptors (Lipinski definition) is 4. The maximum Gasteiger partial charge on any atom is 0.391 e. The first-order chi connectivity index (χ1) is 17.6. The average molecular weight is 524 g/mol. The van der Waals surface area contributed by atoms with E-state index in [0.717, 1.165) is 12.8 Å². The zero-order valence-corrected chi connectivity index (χ0v) is 20.7. The monoisotopic (exact) mass is 523 g/mol. The first-order valence-corrected chi connectivity index (χ1v) is 13.2. The molecule has 3 fully saturated rings. The summed E-state index contributed by atoms with van der Waals surface area (Å²) in [5, 5.41) is 6.19. The van der Waals surface area contributed by atoms with Crippen LogP contribution in [0.2, 0.25) is 0 Å². The number of hydrogen-bond donors (Lipinski definition) is 2. The third-order valence-electron chi connectivity index (χ3n) is 8.34.